The van der Waals surface area contributed by atoms with Gasteiger partial charge in [0.2, 0.25) is 0 Å². The Morgan fingerprint density at radius 2 is 0.514 bits per heavy atom. The number of fused-ring (bicyclic) bond motifs is 9. The third-order valence-electron chi connectivity index (χ3n) is 25.2. The maximum absolute atomic E-state index is 3.78. The van der Waals surface area contributed by atoms with Crippen molar-refractivity contribution in [2.24, 2.45) is 0 Å². The van der Waals surface area contributed by atoms with Crippen LogP contribution < -0.4 is 29.7 Å². The van der Waals surface area contributed by atoms with Crippen LogP contribution in [-0.4, -0.2) is 8.07 Å². The molecule has 0 bridgehead atoms. The van der Waals surface area contributed by atoms with Crippen molar-refractivity contribution in [1.82, 2.24) is 0 Å². The lowest BCUT2D eigenvalue weighted by molar-refractivity contribution is 0.660. The number of hydrogen-bond donors (Lipinski definition) is 0. The van der Waals surface area contributed by atoms with Gasteiger partial charge in [-0.3, -0.25) is 0 Å². The van der Waals surface area contributed by atoms with Crippen LogP contribution in [-0.2, 0) is 5.41 Å². The fourth-order valence-electron chi connectivity index (χ4n) is 18.3. The molecule has 138 heavy (non-hydrogen) atoms. The summed E-state index contributed by atoms with van der Waals surface area (Å²) in [5.74, 6) is 0. The molecule has 0 aliphatic heterocycles. The molecular formula is C126H98Br5N5SSi. The zero-order valence-corrected chi connectivity index (χ0v) is 86.7. The molecule has 1 aliphatic carbocycles. The summed E-state index contributed by atoms with van der Waals surface area (Å²) in [6.45, 7) is 11.8. The second-order valence-electron chi connectivity index (χ2n) is 35.4. The van der Waals surface area contributed by atoms with Crippen molar-refractivity contribution in [3.63, 3.8) is 0 Å². The standard InChI is InChI=1S/C28H18BrNS.C28H20BrN.C27H22BrN.C22H16BrN.C21H22BrNSi/c29-25-10-4-5-11-26(25)30(21-14-13-19-7-1-2-8-20(19)17-21)22-15-16-28-24(18-22)23-9-3-6-12-27(23)31-28;29-26-14-6-7-15-28(26)30(27-16-8-12-23-11-4-5-13-25(23)27)24-19-17-22(18-20-24)21-9-2-1-3-10-21;1-27(2)23-13-7-6-12-21(23)22-17-16-20(18-24(22)27)29(19-10-4-3-5-11-19)26-15-9-8-14-25(26)28;23-20-14-6-7-15-22(20)24(18-11-2-1-3-12-18)21-16-8-10-17-9-4-5-13-19(17)21;1-24(2,3)19-15-13-18(14-16-19)23(17-9-5-4-6-10-17)21-12-8-7-11-20(21)22/h1-18H;1-20H;3-18H,1-2H3;1-16H;4-16H,1-3H3. The van der Waals surface area contributed by atoms with Crippen LogP contribution in [0.5, 0.6) is 0 Å². The van der Waals surface area contributed by atoms with Gasteiger partial charge >= 0.3 is 0 Å². The van der Waals surface area contributed by atoms with Crippen molar-refractivity contribution >= 4 is 242 Å². The number of benzene rings is 21. The summed E-state index contributed by atoms with van der Waals surface area (Å²) in [5.41, 5.74) is 25.1. The first-order valence-corrected chi connectivity index (χ1v) is 54.5. The molecule has 0 spiro atoms. The molecule has 22 aromatic rings. The van der Waals surface area contributed by atoms with Gasteiger partial charge in [0.1, 0.15) is 0 Å². The monoisotopic (exact) mass is 2140 g/mol. The molecule has 0 atom stereocenters. The van der Waals surface area contributed by atoms with Gasteiger partial charge in [-0.05, 0) is 317 Å². The van der Waals surface area contributed by atoms with Gasteiger partial charge in [0, 0.05) is 104 Å². The lowest BCUT2D eigenvalue weighted by atomic mass is 9.82. The average Bonchev–Trinajstić information content (AvgIpc) is 1.57. The zero-order valence-electron chi connectivity index (χ0n) is 77.0. The summed E-state index contributed by atoms with van der Waals surface area (Å²) in [6, 6.07) is 178. The summed E-state index contributed by atoms with van der Waals surface area (Å²) >= 11 is 20.6. The largest absolute Gasteiger partial charge is 0.309 e. The maximum Gasteiger partial charge on any atom is 0.0775 e. The van der Waals surface area contributed by atoms with Gasteiger partial charge in [-0.25, -0.2) is 0 Å². The van der Waals surface area contributed by atoms with Crippen molar-refractivity contribution in [1.29, 1.82) is 0 Å². The molecule has 0 N–H and O–H groups in total. The molecule has 23 rings (SSSR count). The van der Waals surface area contributed by atoms with Crippen molar-refractivity contribution in [2.75, 3.05) is 24.5 Å². The van der Waals surface area contributed by atoms with Crippen LogP contribution in [0.1, 0.15) is 25.0 Å². The minimum Gasteiger partial charge on any atom is -0.309 e. The molecular weight excluding hydrogens is 2040 g/mol. The number of nitrogens with zero attached hydrogens (tertiary/aromatic N) is 5. The summed E-state index contributed by atoms with van der Waals surface area (Å²) in [7, 11) is -1.29. The highest BCUT2D eigenvalue weighted by atomic mass is 79.9. The van der Waals surface area contributed by atoms with Crippen molar-refractivity contribution in [3.05, 3.63) is 537 Å². The average molecular weight is 2140 g/mol. The number of thiophene rings is 1. The summed E-state index contributed by atoms with van der Waals surface area (Å²) in [6.07, 6.45) is 0. The topological polar surface area (TPSA) is 16.2 Å². The second-order valence-corrected chi connectivity index (χ2v) is 45.8. The first-order valence-electron chi connectivity index (χ1n) is 46.2. The second kappa shape index (κ2) is 42.5. The first-order chi connectivity index (χ1) is 67.5. The molecule has 0 unspecified atom stereocenters. The van der Waals surface area contributed by atoms with E-state index < -0.39 is 8.07 Å². The maximum atomic E-state index is 3.78. The molecule has 21 aromatic carbocycles. The number of hydrogen-bond acceptors (Lipinski definition) is 6. The van der Waals surface area contributed by atoms with Gasteiger partial charge in [-0.1, -0.05) is 360 Å². The van der Waals surface area contributed by atoms with E-state index in [0.717, 1.165) is 90.6 Å². The highest BCUT2D eigenvalue weighted by molar-refractivity contribution is 9.11. The molecule has 0 saturated carbocycles. The molecule has 5 nitrogen and oxygen atoms in total. The summed E-state index contributed by atoms with van der Waals surface area (Å²) < 4.78 is 8.00. The molecule has 0 radical (unpaired) electrons. The number of para-hydroxylation sites is 8. The van der Waals surface area contributed by atoms with E-state index in [1.54, 1.807) is 0 Å². The fourth-order valence-corrected chi connectivity index (χ4v) is 22.9. The molecule has 1 aliphatic rings. The predicted octanol–water partition coefficient (Wildman–Crippen LogP) is 39.9. The van der Waals surface area contributed by atoms with Crippen molar-refractivity contribution in [2.45, 2.75) is 38.9 Å². The Morgan fingerprint density at radius 3 is 1.01 bits per heavy atom. The Kier molecular flexibility index (Phi) is 28.7. The molecule has 0 fully saturated rings. The Balaban J connectivity index is 0.000000111. The first kappa shape index (κ1) is 93.3. The minimum atomic E-state index is -1.29. The van der Waals surface area contributed by atoms with E-state index in [1.807, 2.05) is 41.7 Å². The lowest BCUT2D eigenvalue weighted by Gasteiger charge is -2.28. The van der Waals surface area contributed by atoms with E-state index in [2.05, 4.69) is 611 Å². The van der Waals surface area contributed by atoms with Crippen LogP contribution in [0, 0.1) is 0 Å². The predicted molar refractivity (Wildman–Crippen MR) is 616 cm³/mol. The van der Waals surface area contributed by atoms with E-state index in [9.17, 15) is 0 Å². The molecule has 1 heterocycles. The number of halogens is 5. The molecule has 12 heteroatoms. The summed E-state index contributed by atoms with van der Waals surface area (Å²) in [4.78, 5) is 11.6. The van der Waals surface area contributed by atoms with Crippen LogP contribution >= 0.6 is 91.0 Å². The van der Waals surface area contributed by atoms with Crippen LogP contribution in [0.3, 0.4) is 0 Å². The molecule has 1 aromatic heterocycles. The third kappa shape index (κ3) is 20.3. The van der Waals surface area contributed by atoms with Gasteiger partial charge in [-0.2, -0.15) is 0 Å². The van der Waals surface area contributed by atoms with E-state index in [0.29, 0.717) is 0 Å². The third-order valence-corrected chi connectivity index (χ3v) is 31.8. The van der Waals surface area contributed by atoms with E-state index in [-0.39, 0.29) is 5.41 Å². The minimum absolute atomic E-state index is 0.0157. The Hall–Kier alpha value is -13.8. The quantitative estimate of drug-likeness (QED) is 0.0842. The van der Waals surface area contributed by atoms with Gasteiger partial charge in [0.05, 0.1) is 47.9 Å². The Labute approximate surface area is 856 Å². The highest BCUT2D eigenvalue weighted by Crippen LogP contribution is 2.53. The Bertz CT molecular complexity index is 8010. The van der Waals surface area contributed by atoms with Gasteiger partial charge in [-0.15, -0.1) is 11.3 Å². The smallest absolute Gasteiger partial charge is 0.0775 e. The van der Waals surface area contributed by atoms with Gasteiger partial charge < -0.3 is 24.5 Å². The number of anilines is 15. The lowest BCUT2D eigenvalue weighted by Crippen LogP contribution is -2.37. The molecule has 0 saturated heterocycles. The SMILES string of the molecule is Brc1ccccc1N(c1ccc(-c2ccccc2)cc1)c1cccc2ccccc12.Brc1ccccc1N(c1ccc2ccccc2c1)c1ccc2sc3ccccc3c2c1.Brc1ccccc1N(c1ccccc1)c1cccc2ccccc12.CC1(C)c2ccccc2-c2ccc(N(c3ccccc3)c3ccccc3Br)cc21.C[Si](C)(C)c1ccc(N(c2ccccc2)c2ccccc2Br)cc1. The van der Waals surface area contributed by atoms with E-state index >= 15 is 0 Å². The summed E-state index contributed by atoms with van der Waals surface area (Å²) in [5, 5.41) is 11.5. The fraction of sp³-hybridized carbons (Fsp3) is 0.0476. The zero-order chi connectivity index (χ0) is 94.6. The van der Waals surface area contributed by atoms with E-state index in [4.69, 9.17) is 0 Å². The van der Waals surface area contributed by atoms with Crippen LogP contribution in [0.25, 0.3) is 74.7 Å². The van der Waals surface area contributed by atoms with Crippen LogP contribution in [0.4, 0.5) is 85.3 Å². The van der Waals surface area contributed by atoms with Gasteiger partial charge in [0.25, 0.3) is 0 Å². The molecule has 0 amide bonds. The Morgan fingerprint density at radius 1 is 0.203 bits per heavy atom. The molecule has 672 valence electrons. The number of rotatable bonds is 17. The van der Waals surface area contributed by atoms with Crippen LogP contribution in [0.2, 0.25) is 19.6 Å². The normalized spacial score (nSPS) is 11.6. The van der Waals surface area contributed by atoms with Crippen molar-refractivity contribution < 1.29 is 0 Å². The highest BCUT2D eigenvalue weighted by Gasteiger charge is 2.36. The van der Waals surface area contributed by atoms with E-state index in [1.165, 1.54) is 108 Å². The van der Waals surface area contributed by atoms with Crippen molar-refractivity contribution in [3.8, 4) is 22.3 Å². The van der Waals surface area contributed by atoms with Gasteiger partial charge in [0.15, 0.2) is 0 Å². The van der Waals surface area contributed by atoms with Crippen LogP contribution in [0.15, 0.2) is 526 Å².